The molecule has 0 spiro atoms. The normalized spacial score (nSPS) is 10.1. The van der Waals surface area contributed by atoms with Crippen molar-refractivity contribution in [3.63, 3.8) is 0 Å². The number of thiophene rings is 1. The Bertz CT molecular complexity index is 642. The van der Waals surface area contributed by atoms with Gasteiger partial charge in [-0.1, -0.05) is 17.7 Å². The molecular formula is C14H12ClNO4S. The molecule has 2 rings (SSSR count). The van der Waals surface area contributed by atoms with Crippen molar-refractivity contribution in [1.82, 2.24) is 5.32 Å². The molecule has 1 aromatic carbocycles. The van der Waals surface area contributed by atoms with Crippen LogP contribution < -0.4 is 10.1 Å². The van der Waals surface area contributed by atoms with Gasteiger partial charge in [0.2, 0.25) is 0 Å². The Morgan fingerprint density at radius 3 is 2.81 bits per heavy atom. The topological polar surface area (TPSA) is 75.6 Å². The molecule has 0 atom stereocenters. The number of carbonyl (C=O) groups excluding carboxylic acids is 1. The molecule has 2 N–H and O–H groups in total. The summed E-state index contributed by atoms with van der Waals surface area (Å²) in [5.41, 5.74) is -0.0366. The van der Waals surface area contributed by atoms with Gasteiger partial charge in [-0.3, -0.25) is 4.79 Å². The number of benzene rings is 1. The van der Waals surface area contributed by atoms with Crippen LogP contribution in [0.5, 0.6) is 5.75 Å². The predicted octanol–water partition coefficient (Wildman–Crippen LogP) is 2.79. The number of ether oxygens (including phenoxy) is 1. The van der Waals surface area contributed by atoms with Crippen LogP contribution in [-0.2, 0) is 11.3 Å². The largest absolute Gasteiger partial charge is 0.483 e. The summed E-state index contributed by atoms with van der Waals surface area (Å²) in [7, 11) is 0. The number of hydrogen-bond acceptors (Lipinski definition) is 4. The summed E-state index contributed by atoms with van der Waals surface area (Å²) in [6.45, 7) is 0.146. The van der Waals surface area contributed by atoms with Crippen LogP contribution in [0.1, 0.15) is 15.2 Å². The summed E-state index contributed by atoms with van der Waals surface area (Å²) in [6.07, 6.45) is 0. The van der Waals surface area contributed by atoms with Gasteiger partial charge in [-0.2, -0.15) is 0 Å². The van der Waals surface area contributed by atoms with E-state index in [4.69, 9.17) is 21.4 Å². The summed E-state index contributed by atoms with van der Waals surface area (Å²) >= 11 is 7.33. The molecule has 0 saturated heterocycles. The zero-order valence-corrected chi connectivity index (χ0v) is 12.4. The van der Waals surface area contributed by atoms with E-state index in [1.54, 1.807) is 0 Å². The van der Waals surface area contributed by atoms with Gasteiger partial charge < -0.3 is 15.2 Å². The van der Waals surface area contributed by atoms with Crippen LogP contribution >= 0.6 is 22.9 Å². The van der Waals surface area contributed by atoms with Gasteiger partial charge in [0.15, 0.2) is 6.61 Å². The highest BCUT2D eigenvalue weighted by atomic mass is 35.5. The van der Waals surface area contributed by atoms with Gasteiger partial charge >= 0.3 is 5.97 Å². The highest BCUT2D eigenvalue weighted by molar-refractivity contribution is 7.09. The Labute approximate surface area is 130 Å². The number of hydrogen-bond donors (Lipinski definition) is 2. The van der Waals surface area contributed by atoms with Crippen molar-refractivity contribution in [1.29, 1.82) is 0 Å². The number of carbonyl (C=O) groups is 2. The molecule has 0 fully saturated rings. The van der Waals surface area contributed by atoms with Crippen molar-refractivity contribution in [2.45, 2.75) is 6.54 Å². The third-order valence-corrected chi connectivity index (χ3v) is 3.68. The van der Waals surface area contributed by atoms with E-state index >= 15 is 0 Å². The minimum Gasteiger partial charge on any atom is -0.483 e. The molecule has 0 aliphatic heterocycles. The second-order valence-corrected chi connectivity index (χ2v) is 5.56. The highest BCUT2D eigenvalue weighted by Gasteiger charge is 2.13. The van der Waals surface area contributed by atoms with Crippen molar-refractivity contribution >= 4 is 34.8 Å². The first kappa shape index (κ1) is 15.3. The van der Waals surface area contributed by atoms with E-state index in [0.717, 1.165) is 4.88 Å². The maximum Gasteiger partial charge on any atom is 0.339 e. The number of rotatable bonds is 6. The van der Waals surface area contributed by atoms with Crippen LogP contribution in [-0.4, -0.2) is 23.6 Å². The second kappa shape index (κ2) is 7.10. The van der Waals surface area contributed by atoms with Crippen LogP contribution in [0.4, 0.5) is 0 Å². The average Bonchev–Trinajstić information content (AvgIpc) is 2.96. The molecular weight excluding hydrogens is 314 g/mol. The fraction of sp³-hybridized carbons (Fsp3) is 0.143. The van der Waals surface area contributed by atoms with Gasteiger partial charge in [-0.05, 0) is 29.6 Å². The van der Waals surface area contributed by atoms with E-state index in [2.05, 4.69) is 5.32 Å². The first-order chi connectivity index (χ1) is 10.1. The molecule has 0 saturated carbocycles. The van der Waals surface area contributed by atoms with Crippen LogP contribution in [0.15, 0.2) is 35.7 Å². The van der Waals surface area contributed by atoms with E-state index in [0.29, 0.717) is 11.6 Å². The maximum atomic E-state index is 11.7. The van der Waals surface area contributed by atoms with E-state index in [1.165, 1.54) is 29.5 Å². The van der Waals surface area contributed by atoms with Gasteiger partial charge in [0.25, 0.3) is 5.91 Å². The van der Waals surface area contributed by atoms with Crippen molar-refractivity contribution in [3.8, 4) is 5.75 Å². The third kappa shape index (κ3) is 4.47. The lowest BCUT2D eigenvalue weighted by atomic mass is 10.2. The molecule has 0 aliphatic rings. The standard InChI is InChI=1S/C14H12ClNO4S/c15-9-3-4-11(14(18)19)12(6-9)20-8-13(17)16-7-10-2-1-5-21-10/h1-6H,7-8H2,(H,16,17)(H,18,19). The fourth-order valence-electron chi connectivity index (χ4n) is 1.59. The lowest BCUT2D eigenvalue weighted by Crippen LogP contribution is -2.28. The first-order valence-electron chi connectivity index (χ1n) is 6.01. The molecule has 7 heteroatoms. The second-order valence-electron chi connectivity index (χ2n) is 4.09. The van der Waals surface area contributed by atoms with Crippen molar-refractivity contribution in [3.05, 3.63) is 51.2 Å². The van der Waals surface area contributed by atoms with Gasteiger partial charge in [-0.25, -0.2) is 4.79 Å². The molecule has 0 bridgehead atoms. The smallest absolute Gasteiger partial charge is 0.339 e. The van der Waals surface area contributed by atoms with Gasteiger partial charge in [0.05, 0.1) is 6.54 Å². The monoisotopic (exact) mass is 325 g/mol. The zero-order chi connectivity index (χ0) is 15.2. The number of carboxylic acid groups (broad SMARTS) is 1. The SMILES string of the molecule is O=C(COc1cc(Cl)ccc1C(=O)O)NCc1cccs1. The van der Waals surface area contributed by atoms with Crippen LogP contribution in [0.3, 0.4) is 0 Å². The molecule has 0 radical (unpaired) electrons. The molecule has 21 heavy (non-hydrogen) atoms. The highest BCUT2D eigenvalue weighted by Crippen LogP contribution is 2.23. The number of halogens is 1. The van der Waals surface area contributed by atoms with Gasteiger partial charge in [0, 0.05) is 9.90 Å². The average molecular weight is 326 g/mol. The maximum absolute atomic E-state index is 11.7. The fourth-order valence-corrected chi connectivity index (χ4v) is 2.39. The summed E-state index contributed by atoms with van der Waals surface area (Å²) < 4.78 is 5.24. The molecule has 110 valence electrons. The van der Waals surface area contributed by atoms with Crippen molar-refractivity contribution in [2.24, 2.45) is 0 Å². The molecule has 0 aliphatic carbocycles. The Morgan fingerprint density at radius 1 is 1.33 bits per heavy atom. The molecule has 0 unspecified atom stereocenters. The van der Waals surface area contributed by atoms with Crippen molar-refractivity contribution in [2.75, 3.05) is 6.61 Å². The summed E-state index contributed by atoms with van der Waals surface area (Å²) in [4.78, 5) is 23.7. The quantitative estimate of drug-likeness (QED) is 0.856. The lowest BCUT2D eigenvalue weighted by molar-refractivity contribution is -0.123. The Morgan fingerprint density at radius 2 is 2.14 bits per heavy atom. The molecule has 2 aromatic rings. The number of carboxylic acids is 1. The summed E-state index contributed by atoms with van der Waals surface area (Å²) in [5.74, 6) is -1.40. The minimum absolute atomic E-state index is 0.0366. The number of nitrogens with one attached hydrogen (secondary N) is 1. The summed E-state index contributed by atoms with van der Waals surface area (Å²) in [5, 5.41) is 14.0. The van der Waals surface area contributed by atoms with Gasteiger partial charge in [-0.15, -0.1) is 11.3 Å². The van der Waals surface area contributed by atoms with E-state index in [9.17, 15) is 9.59 Å². The van der Waals surface area contributed by atoms with E-state index in [1.807, 2.05) is 17.5 Å². The predicted molar refractivity (Wildman–Crippen MR) is 80.1 cm³/mol. The van der Waals surface area contributed by atoms with Crippen LogP contribution in [0, 0.1) is 0 Å². The van der Waals surface area contributed by atoms with Crippen molar-refractivity contribution < 1.29 is 19.4 Å². The Balaban J connectivity index is 1.91. The van der Waals surface area contributed by atoms with E-state index < -0.39 is 5.97 Å². The molecule has 1 amide bonds. The van der Waals surface area contributed by atoms with Gasteiger partial charge in [0.1, 0.15) is 11.3 Å². The Kier molecular flexibility index (Phi) is 5.19. The molecule has 5 nitrogen and oxygen atoms in total. The lowest BCUT2D eigenvalue weighted by Gasteiger charge is -2.09. The van der Waals surface area contributed by atoms with E-state index in [-0.39, 0.29) is 23.8 Å². The minimum atomic E-state index is -1.14. The molecule has 1 aromatic heterocycles. The molecule has 1 heterocycles. The number of amides is 1. The Hall–Kier alpha value is -2.05. The first-order valence-corrected chi connectivity index (χ1v) is 7.27. The van der Waals surface area contributed by atoms with Crippen LogP contribution in [0.2, 0.25) is 5.02 Å². The zero-order valence-electron chi connectivity index (χ0n) is 10.8. The number of aromatic carboxylic acids is 1. The van der Waals surface area contributed by atoms with Crippen LogP contribution in [0.25, 0.3) is 0 Å². The summed E-state index contributed by atoms with van der Waals surface area (Å²) in [6, 6.07) is 7.97. The third-order valence-electron chi connectivity index (χ3n) is 2.57.